The van der Waals surface area contributed by atoms with Crippen molar-refractivity contribution in [1.29, 1.82) is 0 Å². The van der Waals surface area contributed by atoms with E-state index in [-0.39, 0.29) is 5.82 Å². The Morgan fingerprint density at radius 2 is 2.00 bits per heavy atom. The summed E-state index contributed by atoms with van der Waals surface area (Å²) in [5.74, 6) is -0.147. The molecule has 0 aliphatic carbocycles. The molecule has 0 radical (unpaired) electrons. The second-order valence-electron chi connectivity index (χ2n) is 4.08. The van der Waals surface area contributed by atoms with Gasteiger partial charge in [-0.1, -0.05) is 20.3 Å². The second-order valence-corrected chi connectivity index (χ2v) is 4.08. The zero-order valence-electron chi connectivity index (χ0n) is 10.6. The number of hydrogen-bond acceptors (Lipinski definition) is 3. The molecule has 0 amide bonds. The number of hydrogen-bond donors (Lipinski definition) is 1. The van der Waals surface area contributed by atoms with Gasteiger partial charge in [-0.25, -0.2) is 9.97 Å². The largest absolute Gasteiger partial charge is 0.396 e. The minimum Gasteiger partial charge on any atom is -0.313 e. The van der Waals surface area contributed by atoms with Crippen molar-refractivity contribution in [3.8, 4) is 0 Å². The molecule has 0 aliphatic rings. The van der Waals surface area contributed by atoms with Crippen molar-refractivity contribution in [2.45, 2.75) is 45.8 Å². The highest BCUT2D eigenvalue weighted by Gasteiger charge is 2.29. The van der Waals surface area contributed by atoms with Crippen LogP contribution in [0.3, 0.4) is 0 Å². The molecule has 0 spiro atoms. The average Bonchev–Trinajstić information content (AvgIpc) is 2.26. The molecule has 0 atom stereocenters. The third-order valence-corrected chi connectivity index (χ3v) is 2.41. The van der Waals surface area contributed by atoms with E-state index in [1.807, 2.05) is 13.8 Å². The molecule has 1 N–H and O–H groups in total. The van der Waals surface area contributed by atoms with E-state index in [0.717, 1.165) is 18.5 Å². The van der Waals surface area contributed by atoms with E-state index >= 15 is 0 Å². The number of aryl methyl sites for hydroxylation is 1. The topological polar surface area (TPSA) is 37.8 Å². The molecule has 0 saturated heterocycles. The lowest BCUT2D eigenvalue weighted by molar-refractivity contribution is -0.128. The Labute approximate surface area is 105 Å². The van der Waals surface area contributed by atoms with Gasteiger partial charge in [-0.05, 0) is 13.0 Å². The second kappa shape index (κ2) is 6.68. The zero-order valence-corrected chi connectivity index (χ0v) is 10.6. The van der Waals surface area contributed by atoms with Gasteiger partial charge in [0.05, 0.1) is 0 Å². The van der Waals surface area contributed by atoms with Crippen LogP contribution in [0.5, 0.6) is 0 Å². The van der Waals surface area contributed by atoms with E-state index in [4.69, 9.17) is 0 Å². The predicted molar refractivity (Wildman–Crippen MR) is 63.2 cm³/mol. The lowest BCUT2D eigenvalue weighted by atomic mass is 10.1. The Balaban J connectivity index is 2.88. The van der Waals surface area contributed by atoms with Crippen molar-refractivity contribution >= 4 is 0 Å². The summed E-state index contributed by atoms with van der Waals surface area (Å²) in [6.45, 7) is 5.34. The summed E-state index contributed by atoms with van der Waals surface area (Å²) >= 11 is 0. The standard InChI is InChI=1S/C12H18F3N3/c1-3-5-10-9(7-16-4-2)8-17-11(18-10)6-12(13,14)15/h8,16H,3-7H2,1-2H3. The molecule has 0 aliphatic heterocycles. The first-order chi connectivity index (χ1) is 8.46. The van der Waals surface area contributed by atoms with Crippen molar-refractivity contribution in [3.05, 3.63) is 23.3 Å². The van der Waals surface area contributed by atoms with E-state index in [0.29, 0.717) is 18.7 Å². The molecule has 0 fully saturated rings. The number of rotatable bonds is 6. The van der Waals surface area contributed by atoms with Gasteiger partial charge < -0.3 is 5.32 Å². The van der Waals surface area contributed by atoms with Gasteiger partial charge in [-0.15, -0.1) is 0 Å². The minimum atomic E-state index is -4.26. The molecule has 0 aromatic carbocycles. The third-order valence-electron chi connectivity index (χ3n) is 2.41. The summed E-state index contributed by atoms with van der Waals surface area (Å²) in [5, 5.41) is 3.13. The SMILES string of the molecule is CCCc1nc(CC(F)(F)F)ncc1CNCC. The fourth-order valence-corrected chi connectivity index (χ4v) is 1.61. The molecule has 1 aromatic heterocycles. The zero-order chi connectivity index (χ0) is 13.6. The van der Waals surface area contributed by atoms with E-state index < -0.39 is 12.6 Å². The Morgan fingerprint density at radius 3 is 2.56 bits per heavy atom. The maximum atomic E-state index is 12.3. The lowest BCUT2D eigenvalue weighted by Crippen LogP contribution is -2.18. The first kappa shape index (κ1) is 14.9. The van der Waals surface area contributed by atoms with E-state index in [1.165, 1.54) is 6.20 Å². The first-order valence-corrected chi connectivity index (χ1v) is 6.07. The van der Waals surface area contributed by atoms with E-state index in [2.05, 4.69) is 15.3 Å². The molecule has 0 saturated carbocycles. The Kier molecular flexibility index (Phi) is 5.53. The van der Waals surface area contributed by atoms with Crippen LogP contribution in [0.4, 0.5) is 13.2 Å². The number of alkyl halides is 3. The van der Waals surface area contributed by atoms with Crippen molar-refractivity contribution in [2.24, 2.45) is 0 Å². The Morgan fingerprint density at radius 1 is 1.28 bits per heavy atom. The summed E-state index contributed by atoms with van der Waals surface area (Å²) < 4.78 is 36.8. The van der Waals surface area contributed by atoms with Crippen LogP contribution in [-0.4, -0.2) is 22.7 Å². The molecule has 0 unspecified atom stereocenters. The smallest absolute Gasteiger partial charge is 0.313 e. The van der Waals surface area contributed by atoms with Crippen LogP contribution in [0.25, 0.3) is 0 Å². The Bertz CT molecular complexity index is 377. The van der Waals surface area contributed by atoms with Crippen LogP contribution >= 0.6 is 0 Å². The number of halogens is 3. The number of nitrogens with one attached hydrogen (secondary N) is 1. The number of nitrogens with zero attached hydrogens (tertiary/aromatic N) is 2. The van der Waals surface area contributed by atoms with Gasteiger partial charge in [0.15, 0.2) is 0 Å². The van der Waals surface area contributed by atoms with Gasteiger partial charge in [0.1, 0.15) is 12.2 Å². The molecular formula is C12H18F3N3. The maximum Gasteiger partial charge on any atom is 0.396 e. The number of aromatic nitrogens is 2. The molecular weight excluding hydrogens is 243 g/mol. The van der Waals surface area contributed by atoms with Crippen molar-refractivity contribution in [1.82, 2.24) is 15.3 Å². The fourth-order valence-electron chi connectivity index (χ4n) is 1.61. The van der Waals surface area contributed by atoms with Crippen LogP contribution in [0.1, 0.15) is 37.4 Å². The summed E-state index contributed by atoms with van der Waals surface area (Å²) in [6.07, 6.45) is -2.30. The Hall–Kier alpha value is -1.17. The molecule has 1 aromatic rings. The van der Waals surface area contributed by atoms with Crippen molar-refractivity contribution < 1.29 is 13.2 Å². The normalized spacial score (nSPS) is 11.8. The van der Waals surface area contributed by atoms with Crippen LogP contribution in [0.15, 0.2) is 6.20 Å². The van der Waals surface area contributed by atoms with E-state index in [9.17, 15) is 13.2 Å². The van der Waals surface area contributed by atoms with Crippen molar-refractivity contribution in [2.75, 3.05) is 6.54 Å². The van der Waals surface area contributed by atoms with Gasteiger partial charge in [-0.3, -0.25) is 0 Å². The molecule has 6 heteroatoms. The van der Waals surface area contributed by atoms with Crippen molar-refractivity contribution in [3.63, 3.8) is 0 Å². The van der Waals surface area contributed by atoms with Gasteiger partial charge in [0, 0.05) is 24.0 Å². The molecule has 0 bridgehead atoms. The first-order valence-electron chi connectivity index (χ1n) is 6.07. The summed E-state index contributed by atoms with van der Waals surface area (Å²) in [6, 6.07) is 0. The third kappa shape index (κ3) is 5.00. The molecule has 1 rings (SSSR count). The highest BCUT2D eigenvalue weighted by atomic mass is 19.4. The fraction of sp³-hybridized carbons (Fsp3) is 0.667. The lowest BCUT2D eigenvalue weighted by Gasteiger charge is -2.11. The van der Waals surface area contributed by atoms with Crippen LogP contribution in [-0.2, 0) is 19.4 Å². The van der Waals surface area contributed by atoms with Crippen LogP contribution < -0.4 is 5.32 Å². The average molecular weight is 261 g/mol. The van der Waals surface area contributed by atoms with Crippen LogP contribution in [0, 0.1) is 0 Å². The molecule has 18 heavy (non-hydrogen) atoms. The molecule has 102 valence electrons. The molecule has 1 heterocycles. The quantitative estimate of drug-likeness (QED) is 0.855. The predicted octanol–water partition coefficient (Wildman–Crippen LogP) is 2.64. The summed E-state index contributed by atoms with van der Waals surface area (Å²) in [4.78, 5) is 7.82. The summed E-state index contributed by atoms with van der Waals surface area (Å²) in [7, 11) is 0. The summed E-state index contributed by atoms with van der Waals surface area (Å²) in [5.41, 5.74) is 1.59. The highest BCUT2D eigenvalue weighted by Crippen LogP contribution is 2.20. The van der Waals surface area contributed by atoms with Gasteiger partial charge in [0.25, 0.3) is 0 Å². The molecule has 3 nitrogen and oxygen atoms in total. The minimum absolute atomic E-state index is 0.147. The maximum absolute atomic E-state index is 12.3. The van der Waals surface area contributed by atoms with E-state index in [1.54, 1.807) is 0 Å². The van der Waals surface area contributed by atoms with Gasteiger partial charge in [-0.2, -0.15) is 13.2 Å². The van der Waals surface area contributed by atoms with Gasteiger partial charge >= 0.3 is 6.18 Å². The highest BCUT2D eigenvalue weighted by molar-refractivity contribution is 5.18. The van der Waals surface area contributed by atoms with Gasteiger partial charge in [0.2, 0.25) is 0 Å². The van der Waals surface area contributed by atoms with Crippen LogP contribution in [0.2, 0.25) is 0 Å². The monoisotopic (exact) mass is 261 g/mol.